The van der Waals surface area contributed by atoms with Crippen molar-refractivity contribution < 1.29 is 27.9 Å². The van der Waals surface area contributed by atoms with Crippen molar-refractivity contribution in [1.82, 2.24) is 0 Å². The van der Waals surface area contributed by atoms with Crippen LogP contribution in [0.5, 0.6) is 5.75 Å². The fourth-order valence-corrected chi connectivity index (χ4v) is 4.45. The van der Waals surface area contributed by atoms with Crippen LogP contribution in [0.2, 0.25) is 5.02 Å². The van der Waals surface area contributed by atoms with Crippen molar-refractivity contribution in [3.8, 4) is 5.75 Å². The minimum absolute atomic E-state index is 0.119. The molecule has 132 valence electrons. The van der Waals surface area contributed by atoms with Crippen LogP contribution in [-0.4, -0.2) is 43.0 Å². The van der Waals surface area contributed by atoms with Crippen LogP contribution in [-0.2, 0) is 19.4 Å². The summed E-state index contributed by atoms with van der Waals surface area (Å²) in [5.41, 5.74) is 0.322. The monoisotopic (exact) mass is 375 g/mol. The number of anilines is 1. The summed E-state index contributed by atoms with van der Waals surface area (Å²) >= 11 is 5.99. The molecule has 1 fully saturated rings. The normalized spacial score (nSPS) is 16.6. The Kier molecular flexibility index (Phi) is 5.39. The summed E-state index contributed by atoms with van der Waals surface area (Å²) in [6, 6.07) is 4.29. The second-order valence-corrected chi connectivity index (χ2v) is 8.49. The maximum Gasteiger partial charge on any atom is 0.341 e. The number of hydrogen-bond donors (Lipinski definition) is 2. The standard InChI is InChI=1S/C15H18ClNO6S/c1-24(21,22)15(6-2-3-7-15)14(20)17-10-4-5-12(11(16)8-10)23-9-13(18)19/h4-5,8H,2-3,6-7,9H2,1H3,(H,17,20)(H,18,19). The van der Waals surface area contributed by atoms with E-state index in [1.54, 1.807) is 0 Å². The van der Waals surface area contributed by atoms with Crippen LogP contribution in [0.3, 0.4) is 0 Å². The SMILES string of the molecule is CS(=O)(=O)C1(C(=O)Nc2ccc(OCC(=O)O)c(Cl)c2)CCCC1. The van der Waals surface area contributed by atoms with Gasteiger partial charge >= 0.3 is 5.97 Å². The number of rotatable bonds is 6. The number of carboxylic acid groups (broad SMARTS) is 1. The molecular weight excluding hydrogens is 358 g/mol. The smallest absolute Gasteiger partial charge is 0.341 e. The molecule has 0 aliphatic heterocycles. The Hall–Kier alpha value is -1.80. The average molecular weight is 376 g/mol. The molecule has 0 saturated heterocycles. The largest absolute Gasteiger partial charge is 0.480 e. The Morgan fingerprint density at radius 1 is 1.33 bits per heavy atom. The van der Waals surface area contributed by atoms with Gasteiger partial charge in [-0.25, -0.2) is 13.2 Å². The van der Waals surface area contributed by atoms with E-state index in [0.717, 1.165) is 6.26 Å². The number of sulfone groups is 1. The topological polar surface area (TPSA) is 110 Å². The van der Waals surface area contributed by atoms with E-state index in [4.69, 9.17) is 21.4 Å². The van der Waals surface area contributed by atoms with E-state index in [1.165, 1.54) is 18.2 Å². The Labute approximate surface area is 144 Å². The summed E-state index contributed by atoms with van der Waals surface area (Å²) in [6.07, 6.45) is 3.04. The third-order valence-corrected chi connectivity index (χ3v) is 6.38. The number of ether oxygens (including phenoxy) is 1. The number of carboxylic acids is 1. The van der Waals surface area contributed by atoms with Gasteiger partial charge in [0, 0.05) is 11.9 Å². The molecular formula is C15H18ClNO6S. The fourth-order valence-electron chi connectivity index (χ4n) is 2.79. The molecule has 0 bridgehead atoms. The highest BCUT2D eigenvalue weighted by Gasteiger charge is 2.49. The van der Waals surface area contributed by atoms with E-state index in [0.29, 0.717) is 31.4 Å². The van der Waals surface area contributed by atoms with Crippen molar-refractivity contribution in [3.63, 3.8) is 0 Å². The number of benzene rings is 1. The number of carbonyl (C=O) groups is 2. The Balaban J connectivity index is 2.17. The molecule has 1 aliphatic carbocycles. The first kappa shape index (κ1) is 18.5. The molecule has 0 aromatic heterocycles. The molecule has 1 aliphatic rings. The molecule has 0 radical (unpaired) electrons. The predicted octanol–water partition coefficient (Wildman–Crippen LogP) is 2.10. The molecule has 0 atom stereocenters. The van der Waals surface area contributed by atoms with E-state index in [2.05, 4.69) is 5.32 Å². The van der Waals surface area contributed by atoms with Crippen LogP contribution in [0.15, 0.2) is 18.2 Å². The Bertz CT molecular complexity index is 755. The van der Waals surface area contributed by atoms with Gasteiger partial charge in [-0.15, -0.1) is 0 Å². The van der Waals surface area contributed by atoms with Gasteiger partial charge in [-0.1, -0.05) is 24.4 Å². The average Bonchev–Trinajstić information content (AvgIpc) is 2.96. The van der Waals surface area contributed by atoms with Gasteiger partial charge in [0.15, 0.2) is 21.2 Å². The second-order valence-electron chi connectivity index (χ2n) is 5.76. The van der Waals surface area contributed by atoms with E-state index < -0.39 is 33.1 Å². The molecule has 1 amide bonds. The van der Waals surface area contributed by atoms with Gasteiger partial charge in [0.2, 0.25) is 5.91 Å². The number of halogens is 1. The minimum Gasteiger partial charge on any atom is -0.480 e. The van der Waals surface area contributed by atoms with Gasteiger partial charge in [-0.2, -0.15) is 0 Å². The number of hydrogen-bond acceptors (Lipinski definition) is 5. The van der Waals surface area contributed by atoms with Gasteiger partial charge in [0.25, 0.3) is 0 Å². The maximum absolute atomic E-state index is 12.6. The van der Waals surface area contributed by atoms with Crippen LogP contribution >= 0.6 is 11.6 Å². The highest BCUT2D eigenvalue weighted by molar-refractivity contribution is 7.92. The molecule has 0 heterocycles. The summed E-state index contributed by atoms with van der Waals surface area (Å²) in [7, 11) is -3.55. The van der Waals surface area contributed by atoms with E-state index >= 15 is 0 Å². The first-order valence-corrected chi connectivity index (χ1v) is 9.58. The minimum atomic E-state index is -3.55. The molecule has 24 heavy (non-hydrogen) atoms. The Morgan fingerprint density at radius 3 is 2.46 bits per heavy atom. The van der Waals surface area contributed by atoms with Crippen LogP contribution < -0.4 is 10.1 Å². The molecule has 1 saturated carbocycles. The second kappa shape index (κ2) is 6.98. The first-order chi connectivity index (χ1) is 11.2. The van der Waals surface area contributed by atoms with Crippen LogP contribution in [0.1, 0.15) is 25.7 Å². The highest BCUT2D eigenvalue weighted by Crippen LogP contribution is 2.38. The summed E-state index contributed by atoms with van der Waals surface area (Å²) < 4.78 is 27.8. The van der Waals surface area contributed by atoms with Gasteiger partial charge in [-0.05, 0) is 31.0 Å². The van der Waals surface area contributed by atoms with Crippen LogP contribution in [0.25, 0.3) is 0 Å². The van der Waals surface area contributed by atoms with E-state index in [-0.39, 0.29) is 10.8 Å². The number of nitrogens with one attached hydrogen (secondary N) is 1. The van der Waals surface area contributed by atoms with Gasteiger partial charge in [-0.3, -0.25) is 4.79 Å². The molecule has 0 spiro atoms. The predicted molar refractivity (Wildman–Crippen MR) is 89.3 cm³/mol. The summed E-state index contributed by atoms with van der Waals surface area (Å²) in [4.78, 5) is 23.0. The zero-order chi connectivity index (χ0) is 18.0. The lowest BCUT2D eigenvalue weighted by molar-refractivity contribution is -0.139. The number of carbonyl (C=O) groups excluding carboxylic acids is 1. The quantitative estimate of drug-likeness (QED) is 0.787. The lowest BCUT2D eigenvalue weighted by Crippen LogP contribution is -2.47. The van der Waals surface area contributed by atoms with Gasteiger partial charge < -0.3 is 15.2 Å². The third-order valence-electron chi connectivity index (χ3n) is 4.08. The maximum atomic E-state index is 12.6. The van der Waals surface area contributed by atoms with Crippen molar-refractivity contribution in [2.24, 2.45) is 0 Å². The van der Waals surface area contributed by atoms with Crippen molar-refractivity contribution >= 4 is 39.0 Å². The molecule has 0 unspecified atom stereocenters. The summed E-state index contributed by atoms with van der Waals surface area (Å²) in [5.74, 6) is -1.55. The lowest BCUT2D eigenvalue weighted by Gasteiger charge is -2.25. The lowest BCUT2D eigenvalue weighted by atomic mass is 10.1. The first-order valence-electron chi connectivity index (χ1n) is 7.31. The summed E-state index contributed by atoms with van der Waals surface area (Å²) in [6.45, 7) is -0.539. The molecule has 7 nitrogen and oxygen atoms in total. The molecule has 1 aromatic rings. The van der Waals surface area contributed by atoms with Crippen molar-refractivity contribution in [2.75, 3.05) is 18.2 Å². The Morgan fingerprint density at radius 2 is 1.96 bits per heavy atom. The molecule has 2 rings (SSSR count). The van der Waals surface area contributed by atoms with Crippen molar-refractivity contribution in [1.29, 1.82) is 0 Å². The zero-order valence-electron chi connectivity index (χ0n) is 13.0. The van der Waals surface area contributed by atoms with Crippen LogP contribution in [0, 0.1) is 0 Å². The van der Waals surface area contributed by atoms with E-state index in [1.807, 2.05) is 0 Å². The van der Waals surface area contributed by atoms with Crippen molar-refractivity contribution in [3.05, 3.63) is 23.2 Å². The highest BCUT2D eigenvalue weighted by atomic mass is 35.5. The fraction of sp³-hybridized carbons (Fsp3) is 0.467. The molecule has 9 heteroatoms. The molecule has 2 N–H and O–H groups in total. The van der Waals surface area contributed by atoms with Crippen LogP contribution in [0.4, 0.5) is 5.69 Å². The zero-order valence-corrected chi connectivity index (χ0v) is 14.6. The van der Waals surface area contributed by atoms with Gasteiger partial charge in [0.05, 0.1) is 5.02 Å². The summed E-state index contributed by atoms with van der Waals surface area (Å²) in [5, 5.41) is 11.3. The number of aliphatic carboxylic acids is 1. The number of amides is 1. The van der Waals surface area contributed by atoms with Crippen molar-refractivity contribution in [2.45, 2.75) is 30.4 Å². The van der Waals surface area contributed by atoms with E-state index in [9.17, 15) is 18.0 Å². The van der Waals surface area contributed by atoms with Gasteiger partial charge in [0.1, 0.15) is 5.75 Å². The molecule has 1 aromatic carbocycles. The third kappa shape index (κ3) is 3.81.